The van der Waals surface area contributed by atoms with Gasteiger partial charge in [-0.1, -0.05) is 0 Å². The number of urea groups is 1. The molecule has 1 N–H and O–H groups in total. The zero-order valence-electron chi connectivity index (χ0n) is 14.5. The fraction of sp³-hybridized carbons (Fsp3) is 0.421. The second-order valence-corrected chi connectivity index (χ2v) is 6.35. The van der Waals surface area contributed by atoms with E-state index in [1.807, 2.05) is 29.2 Å². The Morgan fingerprint density at radius 2 is 1.48 bits per heavy atom. The van der Waals surface area contributed by atoms with Crippen molar-refractivity contribution in [3.63, 3.8) is 0 Å². The van der Waals surface area contributed by atoms with Gasteiger partial charge in [0.2, 0.25) is 0 Å². The number of pyridine rings is 2. The van der Waals surface area contributed by atoms with Crippen molar-refractivity contribution in [3.05, 3.63) is 60.2 Å². The Morgan fingerprint density at radius 3 is 2.00 bits per heavy atom. The van der Waals surface area contributed by atoms with Gasteiger partial charge in [-0.05, 0) is 61.3 Å². The maximum atomic E-state index is 12.7. The van der Waals surface area contributed by atoms with Crippen LogP contribution in [0.15, 0.2) is 49.1 Å². The molecule has 3 rings (SSSR count). The predicted molar refractivity (Wildman–Crippen MR) is 96.8 cm³/mol. The van der Waals surface area contributed by atoms with Crippen LogP contribution in [0.4, 0.5) is 4.79 Å². The van der Waals surface area contributed by atoms with Gasteiger partial charge in [0, 0.05) is 51.0 Å². The third-order valence-corrected chi connectivity index (χ3v) is 4.44. The van der Waals surface area contributed by atoms with E-state index in [0.717, 1.165) is 30.8 Å². The fourth-order valence-corrected chi connectivity index (χ4v) is 3.06. The van der Waals surface area contributed by atoms with E-state index in [0.29, 0.717) is 19.6 Å². The maximum absolute atomic E-state index is 12.7. The van der Waals surface area contributed by atoms with Gasteiger partial charge in [-0.2, -0.15) is 0 Å². The molecular weight excluding hydrogens is 314 g/mol. The van der Waals surface area contributed by atoms with Gasteiger partial charge in [-0.3, -0.25) is 9.97 Å². The number of carbonyl (C=O) groups is 1. The van der Waals surface area contributed by atoms with E-state index in [2.05, 4.69) is 20.2 Å². The van der Waals surface area contributed by atoms with Crippen LogP contribution in [-0.4, -0.2) is 52.0 Å². The lowest BCUT2D eigenvalue weighted by Crippen LogP contribution is -2.42. The maximum Gasteiger partial charge on any atom is 0.318 e. The summed E-state index contributed by atoms with van der Waals surface area (Å²) in [4.78, 5) is 25.0. The summed E-state index contributed by atoms with van der Waals surface area (Å²) < 4.78 is 0. The molecule has 25 heavy (non-hydrogen) atoms. The molecule has 132 valence electrons. The molecule has 6 heteroatoms. The summed E-state index contributed by atoms with van der Waals surface area (Å²) in [5, 5.41) is 3.06. The van der Waals surface area contributed by atoms with E-state index in [1.54, 1.807) is 24.8 Å². The van der Waals surface area contributed by atoms with Crippen molar-refractivity contribution in [3.8, 4) is 0 Å². The molecule has 2 amide bonds. The third-order valence-electron chi connectivity index (χ3n) is 4.44. The monoisotopic (exact) mass is 339 g/mol. The first-order chi connectivity index (χ1) is 12.3. The van der Waals surface area contributed by atoms with Crippen LogP contribution in [-0.2, 0) is 13.1 Å². The molecule has 1 fully saturated rings. The quantitative estimate of drug-likeness (QED) is 0.841. The van der Waals surface area contributed by atoms with Crippen molar-refractivity contribution in [2.75, 3.05) is 26.2 Å². The highest BCUT2D eigenvalue weighted by Crippen LogP contribution is 2.10. The highest BCUT2D eigenvalue weighted by molar-refractivity contribution is 5.74. The fourth-order valence-electron chi connectivity index (χ4n) is 3.06. The van der Waals surface area contributed by atoms with Crippen LogP contribution in [0.5, 0.6) is 0 Å². The van der Waals surface area contributed by atoms with E-state index in [4.69, 9.17) is 0 Å². The van der Waals surface area contributed by atoms with Crippen LogP contribution in [0.3, 0.4) is 0 Å². The van der Waals surface area contributed by atoms with Gasteiger partial charge in [-0.15, -0.1) is 0 Å². The number of nitrogens with zero attached hydrogens (tertiary/aromatic N) is 4. The Bertz CT molecular complexity index is 602. The molecule has 0 bridgehead atoms. The topological polar surface area (TPSA) is 61.4 Å². The zero-order chi connectivity index (χ0) is 17.3. The van der Waals surface area contributed by atoms with Gasteiger partial charge >= 0.3 is 6.03 Å². The van der Waals surface area contributed by atoms with Crippen molar-refractivity contribution in [1.82, 2.24) is 25.1 Å². The lowest BCUT2D eigenvalue weighted by Gasteiger charge is -2.24. The summed E-state index contributed by atoms with van der Waals surface area (Å²) in [5.41, 5.74) is 2.14. The number of hydrogen-bond acceptors (Lipinski definition) is 4. The van der Waals surface area contributed by atoms with Crippen LogP contribution in [0.25, 0.3) is 0 Å². The first-order valence-corrected chi connectivity index (χ1v) is 8.84. The Balaban J connectivity index is 1.58. The SMILES string of the molecule is O=C(NCCN1CCCC1)N(Cc1ccncc1)Cc1ccncc1. The predicted octanol–water partition coefficient (Wildman–Crippen LogP) is 2.28. The zero-order valence-corrected chi connectivity index (χ0v) is 14.5. The van der Waals surface area contributed by atoms with Gasteiger partial charge in [0.1, 0.15) is 0 Å². The number of rotatable bonds is 7. The number of hydrogen-bond donors (Lipinski definition) is 1. The lowest BCUT2D eigenvalue weighted by molar-refractivity contribution is 0.190. The van der Waals surface area contributed by atoms with Crippen molar-refractivity contribution >= 4 is 6.03 Å². The molecule has 3 heterocycles. The molecule has 0 spiro atoms. The number of likely N-dealkylation sites (tertiary alicyclic amines) is 1. The van der Waals surface area contributed by atoms with Crippen molar-refractivity contribution in [2.45, 2.75) is 25.9 Å². The molecule has 0 unspecified atom stereocenters. The largest absolute Gasteiger partial charge is 0.337 e. The van der Waals surface area contributed by atoms with Crippen LogP contribution in [0, 0.1) is 0 Å². The summed E-state index contributed by atoms with van der Waals surface area (Å²) in [6.45, 7) is 5.01. The molecule has 0 atom stereocenters. The highest BCUT2D eigenvalue weighted by atomic mass is 16.2. The molecular formula is C19H25N5O. The average Bonchev–Trinajstić information content (AvgIpc) is 3.16. The van der Waals surface area contributed by atoms with E-state index in [-0.39, 0.29) is 6.03 Å². The van der Waals surface area contributed by atoms with E-state index < -0.39 is 0 Å². The second-order valence-electron chi connectivity index (χ2n) is 6.35. The van der Waals surface area contributed by atoms with Crippen molar-refractivity contribution in [1.29, 1.82) is 0 Å². The summed E-state index contributed by atoms with van der Waals surface area (Å²) in [5.74, 6) is 0. The molecule has 0 aromatic carbocycles. The average molecular weight is 339 g/mol. The second kappa shape index (κ2) is 9.13. The van der Waals surface area contributed by atoms with Crippen LogP contribution in [0.2, 0.25) is 0 Å². The summed E-state index contributed by atoms with van der Waals surface area (Å²) >= 11 is 0. The number of amides is 2. The smallest absolute Gasteiger partial charge is 0.318 e. The minimum atomic E-state index is -0.0344. The number of aromatic nitrogens is 2. The molecule has 0 radical (unpaired) electrons. The Hall–Kier alpha value is -2.47. The third kappa shape index (κ3) is 5.53. The molecule has 1 aliphatic rings. The molecule has 2 aromatic rings. The molecule has 1 aliphatic heterocycles. The first kappa shape index (κ1) is 17.4. The number of nitrogens with one attached hydrogen (secondary N) is 1. The van der Waals surface area contributed by atoms with Crippen molar-refractivity contribution in [2.24, 2.45) is 0 Å². The highest BCUT2D eigenvalue weighted by Gasteiger charge is 2.16. The minimum absolute atomic E-state index is 0.0344. The molecule has 1 saturated heterocycles. The Morgan fingerprint density at radius 1 is 0.960 bits per heavy atom. The summed E-state index contributed by atoms with van der Waals surface area (Å²) in [6, 6.07) is 7.73. The normalized spacial score (nSPS) is 14.4. The van der Waals surface area contributed by atoms with E-state index in [1.165, 1.54) is 12.8 Å². The van der Waals surface area contributed by atoms with Gasteiger partial charge in [-0.25, -0.2) is 4.79 Å². The summed E-state index contributed by atoms with van der Waals surface area (Å²) in [6.07, 6.45) is 9.56. The standard InChI is InChI=1S/C19H25N5O/c25-19(22-11-14-23-12-1-2-13-23)24(15-17-3-7-20-8-4-17)16-18-5-9-21-10-6-18/h3-10H,1-2,11-16H2,(H,22,25). The number of carbonyl (C=O) groups excluding carboxylic acids is 1. The van der Waals surface area contributed by atoms with E-state index >= 15 is 0 Å². The van der Waals surface area contributed by atoms with Crippen LogP contribution >= 0.6 is 0 Å². The lowest BCUT2D eigenvalue weighted by atomic mass is 10.2. The van der Waals surface area contributed by atoms with Crippen LogP contribution in [0.1, 0.15) is 24.0 Å². The summed E-state index contributed by atoms with van der Waals surface area (Å²) in [7, 11) is 0. The van der Waals surface area contributed by atoms with Gasteiger partial charge < -0.3 is 15.1 Å². The Labute approximate surface area is 148 Å². The minimum Gasteiger partial charge on any atom is -0.337 e. The van der Waals surface area contributed by atoms with E-state index in [9.17, 15) is 4.79 Å². The Kier molecular flexibility index (Phi) is 6.34. The van der Waals surface area contributed by atoms with Crippen LogP contribution < -0.4 is 5.32 Å². The van der Waals surface area contributed by atoms with Crippen molar-refractivity contribution < 1.29 is 4.79 Å². The first-order valence-electron chi connectivity index (χ1n) is 8.84. The van der Waals surface area contributed by atoms with Gasteiger partial charge in [0.05, 0.1) is 0 Å². The van der Waals surface area contributed by atoms with Gasteiger partial charge in [0.15, 0.2) is 0 Å². The molecule has 6 nitrogen and oxygen atoms in total. The molecule has 0 saturated carbocycles. The molecule has 2 aromatic heterocycles. The van der Waals surface area contributed by atoms with Gasteiger partial charge in [0.25, 0.3) is 0 Å². The molecule has 0 aliphatic carbocycles.